The Bertz CT molecular complexity index is 1170. The van der Waals surface area contributed by atoms with E-state index < -0.39 is 24.5 Å². The highest BCUT2D eigenvalue weighted by atomic mass is 35.5. The molecule has 0 unspecified atom stereocenters. The number of alkyl halides is 3. The Kier molecular flexibility index (Phi) is 6.57. The van der Waals surface area contributed by atoms with Crippen molar-refractivity contribution >= 4 is 40.1 Å². The number of nitrogens with one attached hydrogen (secondary N) is 1. The summed E-state index contributed by atoms with van der Waals surface area (Å²) in [4.78, 5) is 32.2. The molecule has 2 aromatic carbocycles. The lowest BCUT2D eigenvalue weighted by Gasteiger charge is -2.34. The first-order chi connectivity index (χ1) is 15.7. The van der Waals surface area contributed by atoms with E-state index in [1.165, 1.54) is 17.0 Å². The number of hydrogen-bond acceptors (Lipinski definition) is 4. The molecule has 2 heterocycles. The van der Waals surface area contributed by atoms with E-state index in [0.29, 0.717) is 36.9 Å². The highest BCUT2D eigenvalue weighted by molar-refractivity contribution is 6.33. The normalized spacial score (nSPS) is 15.1. The van der Waals surface area contributed by atoms with Crippen LogP contribution in [0.15, 0.2) is 48.5 Å². The molecule has 0 spiro atoms. The van der Waals surface area contributed by atoms with E-state index in [2.05, 4.69) is 10.3 Å². The molecule has 1 aromatic heterocycles. The number of carbonyl (C=O) groups is 2. The minimum absolute atomic E-state index is 0.123. The van der Waals surface area contributed by atoms with Crippen LogP contribution in [0.25, 0.3) is 11.0 Å². The molecule has 1 aliphatic rings. The van der Waals surface area contributed by atoms with E-state index in [4.69, 9.17) is 11.6 Å². The van der Waals surface area contributed by atoms with Gasteiger partial charge >= 0.3 is 6.18 Å². The maximum Gasteiger partial charge on any atom is 0.449 e. The highest BCUT2D eigenvalue weighted by Gasteiger charge is 2.38. The molecule has 1 fully saturated rings. The maximum absolute atomic E-state index is 13.5. The van der Waals surface area contributed by atoms with Crippen LogP contribution in [0.2, 0.25) is 5.02 Å². The number of rotatable bonds is 5. The van der Waals surface area contributed by atoms with Gasteiger partial charge in [-0.05, 0) is 24.3 Å². The van der Waals surface area contributed by atoms with Gasteiger partial charge in [-0.1, -0.05) is 35.9 Å². The van der Waals surface area contributed by atoms with Crippen molar-refractivity contribution in [1.82, 2.24) is 19.4 Å². The number of amides is 2. The summed E-state index contributed by atoms with van der Waals surface area (Å²) in [7, 11) is 0. The predicted octanol–water partition coefficient (Wildman–Crippen LogP) is 3.49. The zero-order chi connectivity index (χ0) is 23.6. The fraction of sp³-hybridized carbons (Fsp3) is 0.318. The third-order valence-corrected chi connectivity index (χ3v) is 5.77. The average molecular weight is 480 g/mol. The summed E-state index contributed by atoms with van der Waals surface area (Å²) in [6, 6.07) is 13.1. The van der Waals surface area contributed by atoms with Crippen LogP contribution in [-0.2, 0) is 22.3 Å². The van der Waals surface area contributed by atoms with E-state index in [-0.39, 0.29) is 23.5 Å². The van der Waals surface area contributed by atoms with Crippen molar-refractivity contribution < 1.29 is 22.8 Å². The molecule has 1 aliphatic heterocycles. The Hall–Kier alpha value is -3.11. The van der Waals surface area contributed by atoms with Crippen molar-refractivity contribution in [2.24, 2.45) is 0 Å². The summed E-state index contributed by atoms with van der Waals surface area (Å²) < 4.78 is 41.3. The SMILES string of the molecule is O=C(CN1CCN(C(=O)Cn2c(C(F)(F)F)nc3ccccc32)CC1)Nc1ccccc1Cl. The summed E-state index contributed by atoms with van der Waals surface area (Å²) in [6.45, 7) is 1.15. The third-order valence-electron chi connectivity index (χ3n) is 5.44. The van der Waals surface area contributed by atoms with Crippen molar-refractivity contribution in [1.29, 1.82) is 0 Å². The predicted molar refractivity (Wildman–Crippen MR) is 118 cm³/mol. The lowest BCUT2D eigenvalue weighted by molar-refractivity contribution is -0.148. The van der Waals surface area contributed by atoms with Crippen LogP contribution in [0.1, 0.15) is 5.82 Å². The molecule has 1 saturated heterocycles. The van der Waals surface area contributed by atoms with Crippen molar-refractivity contribution in [3.05, 3.63) is 59.4 Å². The first-order valence-corrected chi connectivity index (χ1v) is 10.7. The minimum Gasteiger partial charge on any atom is -0.339 e. The molecule has 7 nitrogen and oxygen atoms in total. The van der Waals surface area contributed by atoms with E-state index in [0.717, 1.165) is 4.57 Å². The molecule has 2 amide bonds. The molecule has 0 saturated carbocycles. The van der Waals surface area contributed by atoms with Gasteiger partial charge in [0.2, 0.25) is 17.6 Å². The molecule has 0 atom stereocenters. The topological polar surface area (TPSA) is 70.5 Å². The van der Waals surface area contributed by atoms with Gasteiger partial charge in [0, 0.05) is 26.2 Å². The number of nitrogens with zero attached hydrogens (tertiary/aromatic N) is 4. The van der Waals surface area contributed by atoms with Crippen molar-refractivity contribution in [2.45, 2.75) is 12.7 Å². The Morgan fingerprint density at radius 2 is 1.64 bits per heavy atom. The van der Waals surface area contributed by atoms with Gasteiger partial charge in [0.1, 0.15) is 6.54 Å². The fourth-order valence-corrected chi connectivity index (χ4v) is 3.98. The second-order valence-electron chi connectivity index (χ2n) is 7.69. The van der Waals surface area contributed by atoms with E-state index in [9.17, 15) is 22.8 Å². The van der Waals surface area contributed by atoms with Gasteiger partial charge in [0.25, 0.3) is 0 Å². The molecule has 11 heteroatoms. The number of aromatic nitrogens is 2. The second-order valence-corrected chi connectivity index (χ2v) is 8.10. The van der Waals surface area contributed by atoms with Gasteiger partial charge in [0.05, 0.1) is 28.3 Å². The first-order valence-electron chi connectivity index (χ1n) is 10.3. The molecule has 4 rings (SSSR count). The molecule has 0 bridgehead atoms. The van der Waals surface area contributed by atoms with Gasteiger partial charge in [-0.25, -0.2) is 4.98 Å². The first kappa shape index (κ1) is 23.1. The lowest BCUT2D eigenvalue weighted by atomic mass is 10.2. The van der Waals surface area contributed by atoms with Crippen LogP contribution in [0.5, 0.6) is 0 Å². The van der Waals surface area contributed by atoms with Crippen LogP contribution in [-0.4, -0.2) is 63.9 Å². The van der Waals surface area contributed by atoms with Crippen LogP contribution < -0.4 is 5.32 Å². The number of piperazine rings is 1. The monoisotopic (exact) mass is 479 g/mol. The summed E-state index contributed by atoms with van der Waals surface area (Å²) in [6.07, 6.45) is -4.67. The number of imidazole rings is 1. The Morgan fingerprint density at radius 1 is 0.970 bits per heavy atom. The number of fused-ring (bicyclic) bond motifs is 1. The molecule has 0 radical (unpaired) electrons. The van der Waals surface area contributed by atoms with E-state index >= 15 is 0 Å². The molecule has 1 N–H and O–H groups in total. The van der Waals surface area contributed by atoms with Crippen LogP contribution in [0, 0.1) is 0 Å². The molecule has 0 aliphatic carbocycles. The molecule has 3 aromatic rings. The maximum atomic E-state index is 13.5. The van der Waals surface area contributed by atoms with E-state index in [1.807, 2.05) is 4.90 Å². The van der Waals surface area contributed by atoms with Crippen molar-refractivity contribution in [3.63, 3.8) is 0 Å². The number of benzene rings is 2. The van der Waals surface area contributed by atoms with E-state index in [1.54, 1.807) is 36.4 Å². The molecular weight excluding hydrogens is 459 g/mol. The number of hydrogen-bond donors (Lipinski definition) is 1. The Balaban J connectivity index is 1.36. The molecule has 174 valence electrons. The zero-order valence-electron chi connectivity index (χ0n) is 17.5. The smallest absolute Gasteiger partial charge is 0.339 e. The Morgan fingerprint density at radius 3 is 2.33 bits per heavy atom. The van der Waals surface area contributed by atoms with Gasteiger partial charge in [-0.3, -0.25) is 14.5 Å². The quantitative estimate of drug-likeness (QED) is 0.608. The summed E-state index contributed by atoms with van der Waals surface area (Å²) in [5.41, 5.74) is 0.964. The Labute approximate surface area is 192 Å². The van der Waals surface area contributed by atoms with Crippen molar-refractivity contribution in [2.75, 3.05) is 38.0 Å². The second kappa shape index (κ2) is 9.40. The van der Waals surface area contributed by atoms with Gasteiger partial charge in [0.15, 0.2) is 0 Å². The standard InChI is InChI=1S/C22H21ClF3N5O2/c23-15-5-1-2-6-16(15)27-19(32)13-29-9-11-30(12-10-29)20(33)14-31-18-8-4-3-7-17(18)28-21(31)22(24,25)26/h1-8H,9-14H2,(H,27,32). The van der Waals surface area contributed by atoms with Crippen LogP contribution in [0.3, 0.4) is 0 Å². The van der Waals surface area contributed by atoms with Gasteiger partial charge in [-0.15, -0.1) is 0 Å². The summed E-state index contributed by atoms with van der Waals surface area (Å²) >= 11 is 6.05. The molecule has 33 heavy (non-hydrogen) atoms. The fourth-order valence-electron chi connectivity index (χ4n) is 3.80. The lowest BCUT2D eigenvalue weighted by Crippen LogP contribution is -2.51. The third kappa shape index (κ3) is 5.28. The summed E-state index contributed by atoms with van der Waals surface area (Å²) in [5.74, 6) is -1.75. The largest absolute Gasteiger partial charge is 0.449 e. The van der Waals surface area contributed by atoms with Gasteiger partial charge in [-0.2, -0.15) is 13.2 Å². The summed E-state index contributed by atoms with van der Waals surface area (Å²) in [5, 5.41) is 3.19. The van der Waals surface area contributed by atoms with Crippen LogP contribution >= 0.6 is 11.6 Å². The number of anilines is 1. The number of para-hydroxylation sites is 3. The number of carbonyl (C=O) groups excluding carboxylic acids is 2. The minimum atomic E-state index is -4.67. The number of halogens is 4. The zero-order valence-corrected chi connectivity index (χ0v) is 18.2. The molecular formula is C22H21ClF3N5O2. The van der Waals surface area contributed by atoms with Crippen LogP contribution in [0.4, 0.5) is 18.9 Å². The average Bonchev–Trinajstić information content (AvgIpc) is 3.15. The highest BCUT2D eigenvalue weighted by Crippen LogP contribution is 2.31. The van der Waals surface area contributed by atoms with Gasteiger partial charge < -0.3 is 14.8 Å². The van der Waals surface area contributed by atoms with Crippen molar-refractivity contribution in [3.8, 4) is 0 Å².